The number of esters is 1. The first kappa shape index (κ1) is 18.7. The normalized spacial score (nSPS) is 11.0. The Morgan fingerprint density at radius 3 is 2.75 bits per heavy atom. The van der Waals surface area contributed by atoms with E-state index in [2.05, 4.69) is 23.6 Å². The summed E-state index contributed by atoms with van der Waals surface area (Å²) < 4.78 is 6.67. The van der Waals surface area contributed by atoms with Crippen molar-refractivity contribution in [2.45, 2.75) is 24.6 Å². The minimum Gasteiger partial charge on any atom is -0.469 e. The molecule has 2 aromatic rings. The average molecular weight is 367 g/mol. The van der Waals surface area contributed by atoms with Crippen LogP contribution in [0.25, 0.3) is 10.2 Å². The summed E-state index contributed by atoms with van der Waals surface area (Å²) in [6.45, 7) is 5.14. The highest BCUT2D eigenvalue weighted by Gasteiger charge is 2.17. The average Bonchev–Trinajstić information content (AvgIpc) is 2.98. The highest BCUT2D eigenvalue weighted by molar-refractivity contribution is 8.01. The van der Waals surface area contributed by atoms with Gasteiger partial charge in [0.05, 0.1) is 29.5 Å². The molecule has 0 bridgehead atoms. The van der Waals surface area contributed by atoms with Crippen LogP contribution in [0.15, 0.2) is 28.6 Å². The molecule has 1 amide bonds. The molecule has 0 aliphatic carbocycles. The van der Waals surface area contributed by atoms with Gasteiger partial charge in [-0.3, -0.25) is 9.59 Å². The topological polar surface area (TPSA) is 59.5 Å². The third-order valence-corrected chi connectivity index (χ3v) is 5.51. The van der Waals surface area contributed by atoms with Gasteiger partial charge in [0.1, 0.15) is 0 Å². The number of methoxy groups -OCH3 is 1. The highest BCUT2D eigenvalue weighted by Crippen LogP contribution is 2.29. The smallest absolute Gasteiger partial charge is 0.307 e. The molecule has 0 saturated carbocycles. The van der Waals surface area contributed by atoms with E-state index in [1.165, 1.54) is 18.9 Å². The number of nitrogens with zero attached hydrogens (tertiary/aromatic N) is 2. The molecule has 130 valence electrons. The van der Waals surface area contributed by atoms with Crippen molar-refractivity contribution in [3.05, 3.63) is 24.3 Å². The van der Waals surface area contributed by atoms with Crippen molar-refractivity contribution in [1.82, 2.24) is 9.88 Å². The van der Waals surface area contributed by atoms with E-state index in [4.69, 9.17) is 0 Å². The lowest BCUT2D eigenvalue weighted by Crippen LogP contribution is -2.37. The zero-order chi connectivity index (χ0) is 17.5. The maximum Gasteiger partial charge on any atom is 0.307 e. The number of fused-ring (bicyclic) bond motifs is 1. The second-order valence-electron chi connectivity index (χ2n) is 5.80. The van der Waals surface area contributed by atoms with Crippen molar-refractivity contribution in [2.24, 2.45) is 5.92 Å². The van der Waals surface area contributed by atoms with Gasteiger partial charge in [-0.1, -0.05) is 37.7 Å². The van der Waals surface area contributed by atoms with Crippen molar-refractivity contribution in [1.29, 1.82) is 0 Å². The van der Waals surface area contributed by atoms with E-state index in [0.717, 1.165) is 14.6 Å². The zero-order valence-electron chi connectivity index (χ0n) is 14.2. The van der Waals surface area contributed by atoms with E-state index in [9.17, 15) is 9.59 Å². The third-order valence-electron chi connectivity index (χ3n) is 3.35. The number of hydrogen-bond acceptors (Lipinski definition) is 6. The van der Waals surface area contributed by atoms with Crippen LogP contribution in [0.1, 0.15) is 20.3 Å². The maximum atomic E-state index is 12.5. The number of aromatic nitrogens is 1. The summed E-state index contributed by atoms with van der Waals surface area (Å²) in [5.41, 5.74) is 0.960. The third kappa shape index (κ3) is 5.49. The van der Waals surface area contributed by atoms with Gasteiger partial charge in [-0.2, -0.15) is 0 Å². The van der Waals surface area contributed by atoms with Crippen LogP contribution in [0.5, 0.6) is 0 Å². The molecule has 0 N–H and O–H groups in total. The predicted octanol–water partition coefficient (Wildman–Crippen LogP) is 3.44. The van der Waals surface area contributed by atoms with Crippen LogP contribution in [0.2, 0.25) is 0 Å². The maximum absolute atomic E-state index is 12.5. The standard InChI is InChI=1S/C17H22N2O3S2/c1-12(2)10-19(9-8-16(21)22-3)15(20)11-23-17-18-13-6-4-5-7-14(13)24-17/h4-7,12H,8-11H2,1-3H3. The number of amides is 1. The van der Waals surface area contributed by atoms with Gasteiger partial charge in [0, 0.05) is 13.1 Å². The Labute approximate surface area is 150 Å². The lowest BCUT2D eigenvalue weighted by molar-refractivity contribution is -0.141. The first-order chi connectivity index (χ1) is 11.5. The summed E-state index contributed by atoms with van der Waals surface area (Å²) in [4.78, 5) is 30.1. The van der Waals surface area contributed by atoms with Crippen LogP contribution in [0.4, 0.5) is 0 Å². The lowest BCUT2D eigenvalue weighted by atomic mass is 10.2. The van der Waals surface area contributed by atoms with Crippen LogP contribution in [0.3, 0.4) is 0 Å². The number of thioether (sulfide) groups is 1. The van der Waals surface area contributed by atoms with Gasteiger partial charge in [-0.15, -0.1) is 11.3 Å². The fourth-order valence-electron chi connectivity index (χ4n) is 2.21. The quantitative estimate of drug-likeness (QED) is 0.529. The van der Waals surface area contributed by atoms with E-state index >= 15 is 0 Å². The van der Waals surface area contributed by atoms with Gasteiger partial charge in [0.15, 0.2) is 4.34 Å². The number of carbonyl (C=O) groups is 2. The Morgan fingerprint density at radius 1 is 1.33 bits per heavy atom. The zero-order valence-corrected chi connectivity index (χ0v) is 15.8. The number of para-hydroxylation sites is 1. The van der Waals surface area contributed by atoms with Crippen molar-refractivity contribution >= 4 is 45.2 Å². The molecule has 1 aromatic heterocycles. The Morgan fingerprint density at radius 2 is 2.08 bits per heavy atom. The van der Waals surface area contributed by atoms with Gasteiger partial charge in [0.2, 0.25) is 5.91 Å². The van der Waals surface area contributed by atoms with Crippen molar-refractivity contribution in [2.75, 3.05) is 26.0 Å². The van der Waals surface area contributed by atoms with Crippen LogP contribution in [-0.4, -0.2) is 47.7 Å². The van der Waals surface area contributed by atoms with Gasteiger partial charge in [0.25, 0.3) is 0 Å². The number of benzene rings is 1. The molecule has 0 unspecified atom stereocenters. The molecular formula is C17H22N2O3S2. The van der Waals surface area contributed by atoms with E-state index in [1.54, 1.807) is 16.2 Å². The minimum atomic E-state index is -0.296. The number of rotatable bonds is 8. The summed E-state index contributed by atoms with van der Waals surface area (Å²) in [6.07, 6.45) is 0.223. The van der Waals surface area contributed by atoms with E-state index in [1.807, 2.05) is 24.3 Å². The van der Waals surface area contributed by atoms with E-state index < -0.39 is 0 Å². The van der Waals surface area contributed by atoms with Crippen LogP contribution in [-0.2, 0) is 14.3 Å². The highest BCUT2D eigenvalue weighted by atomic mass is 32.2. The summed E-state index contributed by atoms with van der Waals surface area (Å²) in [5.74, 6) is 0.402. The van der Waals surface area contributed by atoms with E-state index in [0.29, 0.717) is 24.8 Å². The molecule has 2 rings (SSSR count). The fraction of sp³-hybridized carbons (Fsp3) is 0.471. The Bertz CT molecular complexity index is 667. The SMILES string of the molecule is COC(=O)CCN(CC(C)C)C(=O)CSc1nc2ccccc2s1. The minimum absolute atomic E-state index is 0.0249. The first-order valence-electron chi connectivity index (χ1n) is 7.82. The van der Waals surface area contributed by atoms with Crippen molar-refractivity contribution in [3.63, 3.8) is 0 Å². The summed E-state index contributed by atoms with van der Waals surface area (Å²) in [7, 11) is 1.36. The molecule has 0 atom stereocenters. The summed E-state index contributed by atoms with van der Waals surface area (Å²) in [5, 5.41) is 0. The number of carbonyl (C=O) groups excluding carboxylic acids is 2. The molecule has 0 spiro atoms. The number of ether oxygens (including phenoxy) is 1. The molecule has 1 heterocycles. The molecular weight excluding hydrogens is 344 g/mol. The fourth-order valence-corrected chi connectivity index (χ4v) is 4.19. The van der Waals surface area contributed by atoms with Gasteiger partial charge < -0.3 is 9.64 Å². The van der Waals surface area contributed by atoms with Crippen LogP contribution >= 0.6 is 23.1 Å². The van der Waals surface area contributed by atoms with Crippen LogP contribution in [0, 0.1) is 5.92 Å². The van der Waals surface area contributed by atoms with Gasteiger partial charge in [-0.05, 0) is 18.1 Å². The second kappa shape index (κ2) is 9.03. The Kier molecular flexibility index (Phi) is 7.05. The van der Waals surface area contributed by atoms with Crippen LogP contribution < -0.4 is 0 Å². The largest absolute Gasteiger partial charge is 0.469 e. The number of thiazole rings is 1. The predicted molar refractivity (Wildman–Crippen MR) is 98.4 cm³/mol. The molecule has 0 radical (unpaired) electrons. The molecule has 24 heavy (non-hydrogen) atoms. The summed E-state index contributed by atoms with van der Waals surface area (Å²) in [6, 6.07) is 7.94. The molecule has 1 aromatic carbocycles. The second-order valence-corrected chi connectivity index (χ2v) is 8.05. The molecule has 0 saturated heterocycles. The van der Waals surface area contributed by atoms with E-state index in [-0.39, 0.29) is 18.3 Å². The summed E-state index contributed by atoms with van der Waals surface area (Å²) >= 11 is 3.04. The van der Waals surface area contributed by atoms with Gasteiger partial charge >= 0.3 is 5.97 Å². The van der Waals surface area contributed by atoms with Crippen molar-refractivity contribution < 1.29 is 14.3 Å². The lowest BCUT2D eigenvalue weighted by Gasteiger charge is -2.24. The van der Waals surface area contributed by atoms with Crippen molar-refractivity contribution in [3.8, 4) is 0 Å². The molecule has 0 fully saturated rings. The molecule has 0 aliphatic rings. The first-order valence-corrected chi connectivity index (χ1v) is 9.62. The molecule has 5 nitrogen and oxygen atoms in total. The van der Waals surface area contributed by atoms with Gasteiger partial charge in [-0.25, -0.2) is 4.98 Å². The molecule has 0 aliphatic heterocycles. The number of hydrogen-bond donors (Lipinski definition) is 0. The Balaban J connectivity index is 1.94. The Hall–Kier alpha value is -1.60. The molecule has 7 heteroatoms. The monoisotopic (exact) mass is 366 g/mol.